The molecule has 4 aromatic rings. The fourth-order valence-corrected chi connectivity index (χ4v) is 3.34. The molecule has 6 nitrogen and oxygen atoms in total. The number of amides is 1. The summed E-state index contributed by atoms with van der Waals surface area (Å²) in [5.74, 6) is 0.961. The van der Waals surface area contributed by atoms with Gasteiger partial charge in [0.1, 0.15) is 11.5 Å². The number of nitrogens with one attached hydrogen (secondary N) is 2. The fourth-order valence-electron chi connectivity index (χ4n) is 2.74. The summed E-state index contributed by atoms with van der Waals surface area (Å²) in [4.78, 5) is 31.4. The zero-order valence-electron chi connectivity index (χ0n) is 13.9. The molecule has 0 aliphatic heterocycles. The molecule has 0 saturated heterocycles. The van der Waals surface area contributed by atoms with E-state index < -0.39 is 0 Å². The van der Waals surface area contributed by atoms with Crippen molar-refractivity contribution in [2.45, 2.75) is 13.5 Å². The van der Waals surface area contributed by atoms with Gasteiger partial charge >= 0.3 is 0 Å². The van der Waals surface area contributed by atoms with Gasteiger partial charge in [-0.2, -0.15) is 0 Å². The van der Waals surface area contributed by atoms with Crippen LogP contribution < -0.4 is 10.9 Å². The maximum atomic E-state index is 12.5. The molecule has 0 atom stereocenters. The summed E-state index contributed by atoms with van der Waals surface area (Å²) >= 11 is 1.55. The van der Waals surface area contributed by atoms with Gasteiger partial charge in [0.2, 0.25) is 5.56 Å². The number of furan rings is 1. The van der Waals surface area contributed by atoms with Crippen LogP contribution in [-0.2, 0) is 6.54 Å². The number of hydrogen-bond acceptors (Lipinski definition) is 5. The summed E-state index contributed by atoms with van der Waals surface area (Å²) in [6.45, 7) is 2.16. The lowest BCUT2D eigenvalue weighted by atomic mass is 10.1. The second kappa shape index (κ2) is 6.61. The van der Waals surface area contributed by atoms with Crippen molar-refractivity contribution in [1.29, 1.82) is 0 Å². The van der Waals surface area contributed by atoms with E-state index in [1.165, 1.54) is 6.07 Å². The summed E-state index contributed by atoms with van der Waals surface area (Å²) in [5.41, 5.74) is 1.44. The van der Waals surface area contributed by atoms with Crippen LogP contribution in [0.1, 0.15) is 21.1 Å². The van der Waals surface area contributed by atoms with Crippen LogP contribution in [0.2, 0.25) is 0 Å². The molecule has 0 radical (unpaired) electrons. The maximum Gasteiger partial charge on any atom is 0.252 e. The first-order chi connectivity index (χ1) is 12.6. The monoisotopic (exact) mass is 365 g/mol. The number of carbonyl (C=O) groups is 1. The molecule has 3 heterocycles. The van der Waals surface area contributed by atoms with Crippen molar-refractivity contribution in [3.8, 4) is 11.5 Å². The van der Waals surface area contributed by atoms with Crippen LogP contribution in [0, 0.1) is 6.92 Å². The molecule has 7 heteroatoms. The smallest absolute Gasteiger partial charge is 0.252 e. The number of H-pyrrole nitrogens is 1. The largest absolute Gasteiger partial charge is 0.458 e. The zero-order chi connectivity index (χ0) is 18.1. The van der Waals surface area contributed by atoms with Crippen molar-refractivity contribution in [1.82, 2.24) is 15.3 Å². The van der Waals surface area contributed by atoms with E-state index in [0.717, 1.165) is 10.7 Å². The van der Waals surface area contributed by atoms with E-state index in [2.05, 4.69) is 15.3 Å². The number of thiazole rings is 1. The summed E-state index contributed by atoms with van der Waals surface area (Å²) < 4.78 is 5.74. The predicted octanol–water partition coefficient (Wildman–Crippen LogP) is 3.48. The number of aromatic amines is 1. The highest BCUT2D eigenvalue weighted by atomic mass is 32.1. The van der Waals surface area contributed by atoms with Gasteiger partial charge < -0.3 is 14.7 Å². The first-order valence-electron chi connectivity index (χ1n) is 8.01. The second-order valence-corrected chi connectivity index (χ2v) is 6.86. The fraction of sp³-hybridized carbons (Fsp3) is 0.105. The Morgan fingerprint density at radius 1 is 1.27 bits per heavy atom. The van der Waals surface area contributed by atoms with Gasteiger partial charge in [-0.3, -0.25) is 9.59 Å². The number of fused-ring (bicyclic) bond motifs is 1. The van der Waals surface area contributed by atoms with Crippen LogP contribution in [0.3, 0.4) is 0 Å². The number of pyridine rings is 1. The summed E-state index contributed by atoms with van der Waals surface area (Å²) in [6.07, 6.45) is 0. The Bertz CT molecular complexity index is 1160. The Balaban J connectivity index is 1.53. The van der Waals surface area contributed by atoms with Crippen LogP contribution >= 0.6 is 11.3 Å². The minimum absolute atomic E-state index is 0.225. The predicted molar refractivity (Wildman–Crippen MR) is 100 cm³/mol. The Kier molecular flexibility index (Phi) is 4.14. The van der Waals surface area contributed by atoms with Crippen molar-refractivity contribution < 1.29 is 9.21 Å². The molecule has 3 aromatic heterocycles. The first-order valence-corrected chi connectivity index (χ1v) is 8.89. The molecule has 0 unspecified atom stereocenters. The van der Waals surface area contributed by atoms with Crippen LogP contribution in [0.5, 0.6) is 0 Å². The molecule has 0 spiro atoms. The number of hydrogen-bond donors (Lipinski definition) is 2. The van der Waals surface area contributed by atoms with Crippen molar-refractivity contribution in [2.75, 3.05) is 0 Å². The van der Waals surface area contributed by atoms with Gasteiger partial charge in [-0.1, -0.05) is 18.2 Å². The van der Waals surface area contributed by atoms with Crippen molar-refractivity contribution in [3.05, 3.63) is 74.5 Å². The lowest BCUT2D eigenvalue weighted by molar-refractivity contribution is 0.0949. The number of rotatable bonds is 4. The quantitative estimate of drug-likeness (QED) is 0.579. The molecule has 0 saturated carbocycles. The number of nitrogens with zero attached hydrogens (tertiary/aromatic N) is 1. The van der Waals surface area contributed by atoms with Crippen LogP contribution in [-0.4, -0.2) is 15.9 Å². The standard InChI is InChI=1S/C19H15N3O3S/c1-11-21-16(10-26-11)17-7-6-12(25-17)9-20-19(24)14-8-18(23)22-15-5-3-2-4-13(14)15/h2-8,10H,9H2,1H3,(H,20,24)(H,22,23). The van der Waals surface area contributed by atoms with Crippen LogP contribution in [0.4, 0.5) is 0 Å². The van der Waals surface area contributed by atoms with Gasteiger partial charge in [0.15, 0.2) is 5.76 Å². The van der Waals surface area contributed by atoms with Gasteiger partial charge in [0, 0.05) is 22.3 Å². The number of aromatic nitrogens is 2. The van der Waals surface area contributed by atoms with Gasteiger partial charge in [-0.05, 0) is 25.1 Å². The summed E-state index contributed by atoms with van der Waals surface area (Å²) in [7, 11) is 0. The SMILES string of the molecule is Cc1nc(-c2ccc(CNC(=O)c3cc(=O)[nH]c4ccccc34)o2)cs1. The van der Waals surface area contributed by atoms with Gasteiger partial charge in [0.25, 0.3) is 5.91 Å². The topological polar surface area (TPSA) is 88.0 Å². The normalized spacial score (nSPS) is 11.0. The summed E-state index contributed by atoms with van der Waals surface area (Å²) in [5, 5.41) is 6.39. The molecular weight excluding hydrogens is 350 g/mol. The molecule has 130 valence electrons. The number of carbonyl (C=O) groups excluding carboxylic acids is 1. The van der Waals surface area contributed by atoms with Crippen molar-refractivity contribution in [2.24, 2.45) is 0 Å². The highest BCUT2D eigenvalue weighted by Gasteiger charge is 2.13. The number of para-hydroxylation sites is 1. The highest BCUT2D eigenvalue weighted by molar-refractivity contribution is 7.09. The lowest BCUT2D eigenvalue weighted by Gasteiger charge is -2.06. The minimum atomic E-state index is -0.324. The molecule has 1 aromatic carbocycles. The minimum Gasteiger partial charge on any atom is -0.458 e. The lowest BCUT2D eigenvalue weighted by Crippen LogP contribution is -2.24. The van der Waals surface area contributed by atoms with E-state index in [9.17, 15) is 9.59 Å². The van der Waals surface area contributed by atoms with E-state index in [1.54, 1.807) is 29.5 Å². The van der Waals surface area contributed by atoms with E-state index in [0.29, 0.717) is 28.0 Å². The third-order valence-electron chi connectivity index (χ3n) is 3.95. The molecule has 0 aliphatic carbocycles. The molecule has 26 heavy (non-hydrogen) atoms. The first kappa shape index (κ1) is 16.3. The molecular formula is C19H15N3O3S. The molecule has 1 amide bonds. The molecule has 2 N–H and O–H groups in total. The Morgan fingerprint density at radius 3 is 2.92 bits per heavy atom. The number of benzene rings is 1. The van der Waals surface area contributed by atoms with Crippen molar-refractivity contribution >= 4 is 28.1 Å². The van der Waals surface area contributed by atoms with E-state index in [4.69, 9.17) is 4.42 Å². The average molecular weight is 365 g/mol. The third-order valence-corrected chi connectivity index (χ3v) is 4.72. The zero-order valence-corrected chi connectivity index (χ0v) is 14.7. The van der Waals surface area contributed by atoms with E-state index in [-0.39, 0.29) is 18.0 Å². The average Bonchev–Trinajstić information content (AvgIpc) is 3.27. The van der Waals surface area contributed by atoms with Crippen LogP contribution in [0.25, 0.3) is 22.4 Å². The Morgan fingerprint density at radius 2 is 2.12 bits per heavy atom. The van der Waals surface area contributed by atoms with E-state index in [1.807, 2.05) is 30.5 Å². The Labute approximate surface area is 152 Å². The van der Waals surface area contributed by atoms with Crippen LogP contribution in [0.15, 0.2) is 57.1 Å². The van der Waals surface area contributed by atoms with Gasteiger partial charge in [0.05, 0.1) is 17.1 Å². The Hall–Kier alpha value is -3.19. The number of aryl methyl sites for hydroxylation is 1. The van der Waals surface area contributed by atoms with Crippen molar-refractivity contribution in [3.63, 3.8) is 0 Å². The highest BCUT2D eigenvalue weighted by Crippen LogP contribution is 2.23. The second-order valence-electron chi connectivity index (χ2n) is 5.79. The molecule has 0 bridgehead atoms. The molecule has 0 fully saturated rings. The van der Waals surface area contributed by atoms with Gasteiger partial charge in [-0.25, -0.2) is 4.98 Å². The summed E-state index contributed by atoms with van der Waals surface area (Å²) in [6, 6.07) is 12.1. The molecule has 4 rings (SSSR count). The maximum absolute atomic E-state index is 12.5. The molecule has 0 aliphatic rings. The van der Waals surface area contributed by atoms with Gasteiger partial charge in [-0.15, -0.1) is 11.3 Å². The van der Waals surface area contributed by atoms with E-state index >= 15 is 0 Å². The third kappa shape index (κ3) is 3.16.